The highest BCUT2D eigenvalue weighted by Gasteiger charge is 2.07. The first kappa shape index (κ1) is 16.2. The van der Waals surface area contributed by atoms with Crippen LogP contribution in [0.2, 0.25) is 0 Å². The van der Waals surface area contributed by atoms with Crippen LogP contribution in [0.4, 0.5) is 0 Å². The van der Waals surface area contributed by atoms with Gasteiger partial charge in [-0.1, -0.05) is 12.1 Å². The number of hydrogen-bond acceptors (Lipinski definition) is 3. The summed E-state index contributed by atoms with van der Waals surface area (Å²) in [6, 6.07) is 7.52. The molecule has 0 unspecified atom stereocenters. The molecular weight excluding hydrogens is 331 g/mol. The van der Waals surface area contributed by atoms with Crippen LogP contribution in [0.1, 0.15) is 5.56 Å². The van der Waals surface area contributed by atoms with E-state index in [2.05, 4.69) is 26.1 Å². The van der Waals surface area contributed by atoms with Crippen LogP contribution >= 0.6 is 24.0 Å². The first-order chi connectivity index (χ1) is 7.40. The Kier molecular flexibility index (Phi) is 6.48. The molecule has 0 N–H and O–H groups in total. The first-order valence-corrected chi connectivity index (χ1v) is 5.12. The van der Waals surface area contributed by atoms with Crippen molar-refractivity contribution in [3.63, 3.8) is 0 Å². The van der Waals surface area contributed by atoms with Gasteiger partial charge >= 0.3 is 0 Å². The Morgan fingerprint density at radius 1 is 1.35 bits per heavy atom. The van der Waals surface area contributed by atoms with Gasteiger partial charge in [0.1, 0.15) is 12.6 Å². The zero-order chi connectivity index (χ0) is 12.2. The van der Waals surface area contributed by atoms with Crippen molar-refractivity contribution in [2.24, 2.45) is 4.99 Å². The Balaban J connectivity index is 0.00000256. The SMILES string of the molecule is CN=C([O-])Oc1cccc(C[N+](C)(C)C)c1.I. The van der Waals surface area contributed by atoms with Gasteiger partial charge < -0.3 is 14.3 Å². The van der Waals surface area contributed by atoms with Crippen LogP contribution in [0.3, 0.4) is 0 Å². The summed E-state index contributed by atoms with van der Waals surface area (Å²) in [4.78, 5) is 3.42. The maximum absolute atomic E-state index is 11.0. The number of quaternary nitrogens is 1. The van der Waals surface area contributed by atoms with Gasteiger partial charge in [-0.25, -0.2) is 0 Å². The summed E-state index contributed by atoms with van der Waals surface area (Å²) in [6.45, 7) is 0.884. The molecule has 0 aliphatic heterocycles. The topological polar surface area (TPSA) is 44.7 Å². The van der Waals surface area contributed by atoms with Gasteiger partial charge in [-0.05, 0) is 12.1 Å². The molecule has 17 heavy (non-hydrogen) atoms. The fraction of sp³-hybridized carbons (Fsp3) is 0.417. The van der Waals surface area contributed by atoms with Crippen LogP contribution < -0.4 is 9.84 Å². The fourth-order valence-electron chi connectivity index (χ4n) is 1.40. The van der Waals surface area contributed by atoms with E-state index in [1.807, 2.05) is 18.2 Å². The summed E-state index contributed by atoms with van der Waals surface area (Å²) >= 11 is 0. The molecule has 1 aromatic rings. The van der Waals surface area contributed by atoms with Crippen LogP contribution in [-0.4, -0.2) is 38.8 Å². The van der Waals surface area contributed by atoms with Gasteiger partial charge in [0.2, 0.25) is 0 Å². The second-order valence-corrected chi connectivity index (χ2v) is 4.69. The first-order valence-electron chi connectivity index (χ1n) is 5.12. The lowest BCUT2D eigenvalue weighted by molar-refractivity contribution is -0.884. The quantitative estimate of drug-likeness (QED) is 0.356. The lowest BCUT2D eigenvalue weighted by atomic mass is 10.2. The van der Waals surface area contributed by atoms with Crippen molar-refractivity contribution < 1.29 is 14.3 Å². The van der Waals surface area contributed by atoms with Crippen molar-refractivity contribution in [2.45, 2.75) is 6.54 Å². The van der Waals surface area contributed by atoms with E-state index in [1.165, 1.54) is 7.05 Å². The average molecular weight is 350 g/mol. The number of ether oxygens (including phenoxy) is 1. The third kappa shape index (κ3) is 6.48. The summed E-state index contributed by atoms with van der Waals surface area (Å²) in [7, 11) is 7.75. The van der Waals surface area contributed by atoms with Crippen LogP contribution in [0, 0.1) is 0 Å². The minimum Gasteiger partial charge on any atom is -0.567 e. The molecule has 0 saturated carbocycles. The Morgan fingerprint density at radius 2 is 2.00 bits per heavy atom. The van der Waals surface area contributed by atoms with Gasteiger partial charge in [0, 0.05) is 18.4 Å². The molecule has 0 radical (unpaired) electrons. The van der Waals surface area contributed by atoms with Gasteiger partial charge in [0.25, 0.3) is 0 Å². The van der Waals surface area contributed by atoms with E-state index in [0.29, 0.717) is 5.75 Å². The number of benzene rings is 1. The van der Waals surface area contributed by atoms with Crippen molar-refractivity contribution in [1.82, 2.24) is 0 Å². The van der Waals surface area contributed by atoms with Gasteiger partial charge in [-0.15, -0.1) is 24.0 Å². The molecule has 4 nitrogen and oxygen atoms in total. The number of aliphatic imine (C=N–C) groups is 1. The maximum Gasteiger partial charge on any atom is 0.149 e. The van der Waals surface area contributed by atoms with Crippen molar-refractivity contribution >= 4 is 30.1 Å². The molecular formula is C12H19IN2O2. The third-order valence-electron chi connectivity index (χ3n) is 1.94. The van der Waals surface area contributed by atoms with E-state index in [0.717, 1.165) is 16.6 Å². The highest BCUT2D eigenvalue weighted by atomic mass is 127. The Hall–Kier alpha value is -0.820. The molecule has 0 aromatic heterocycles. The molecule has 0 aliphatic carbocycles. The Morgan fingerprint density at radius 3 is 2.53 bits per heavy atom. The van der Waals surface area contributed by atoms with E-state index < -0.39 is 6.08 Å². The minimum absolute atomic E-state index is 0. The largest absolute Gasteiger partial charge is 0.567 e. The molecule has 0 atom stereocenters. The zero-order valence-corrected chi connectivity index (χ0v) is 13.0. The highest BCUT2D eigenvalue weighted by molar-refractivity contribution is 14.0. The van der Waals surface area contributed by atoms with E-state index in [1.54, 1.807) is 6.07 Å². The highest BCUT2D eigenvalue weighted by Crippen LogP contribution is 2.15. The number of rotatable bonds is 3. The molecule has 0 spiro atoms. The molecule has 0 aliphatic rings. The predicted octanol–water partition coefficient (Wildman–Crippen LogP) is 1.24. The zero-order valence-electron chi connectivity index (χ0n) is 10.6. The number of hydrogen-bond donors (Lipinski definition) is 0. The number of halogens is 1. The molecule has 0 amide bonds. The molecule has 0 bridgehead atoms. The fourth-order valence-corrected chi connectivity index (χ4v) is 1.40. The lowest BCUT2D eigenvalue weighted by Gasteiger charge is -2.24. The smallest absolute Gasteiger partial charge is 0.149 e. The van der Waals surface area contributed by atoms with Crippen LogP contribution in [0.15, 0.2) is 29.3 Å². The molecule has 96 valence electrons. The van der Waals surface area contributed by atoms with E-state index in [4.69, 9.17) is 4.74 Å². The van der Waals surface area contributed by atoms with E-state index >= 15 is 0 Å². The van der Waals surface area contributed by atoms with Gasteiger partial charge in [-0.3, -0.25) is 4.99 Å². The summed E-state index contributed by atoms with van der Waals surface area (Å²) in [5, 5.41) is 11.0. The van der Waals surface area contributed by atoms with E-state index in [9.17, 15) is 5.11 Å². The maximum atomic E-state index is 11.0. The van der Waals surface area contributed by atoms with Gasteiger partial charge in [0.15, 0.2) is 0 Å². The second kappa shape index (κ2) is 6.80. The Labute approximate surface area is 120 Å². The third-order valence-corrected chi connectivity index (χ3v) is 1.94. The lowest BCUT2D eigenvalue weighted by Crippen LogP contribution is -2.33. The summed E-state index contributed by atoms with van der Waals surface area (Å²) in [6.07, 6.45) is -0.567. The van der Waals surface area contributed by atoms with Crippen LogP contribution in [0.25, 0.3) is 0 Å². The molecule has 0 fully saturated rings. The van der Waals surface area contributed by atoms with Gasteiger partial charge in [-0.2, -0.15) is 0 Å². The summed E-state index contributed by atoms with van der Waals surface area (Å²) < 4.78 is 5.84. The van der Waals surface area contributed by atoms with Crippen molar-refractivity contribution in [1.29, 1.82) is 0 Å². The summed E-state index contributed by atoms with van der Waals surface area (Å²) in [5.74, 6) is 0.543. The summed E-state index contributed by atoms with van der Waals surface area (Å²) in [5.41, 5.74) is 1.13. The van der Waals surface area contributed by atoms with Crippen LogP contribution in [0.5, 0.6) is 5.75 Å². The number of nitrogens with zero attached hydrogens (tertiary/aromatic N) is 2. The van der Waals surface area contributed by atoms with E-state index in [-0.39, 0.29) is 24.0 Å². The minimum atomic E-state index is -0.567. The van der Waals surface area contributed by atoms with Crippen molar-refractivity contribution in [3.05, 3.63) is 29.8 Å². The predicted molar refractivity (Wildman–Crippen MR) is 77.6 cm³/mol. The molecule has 0 heterocycles. The molecule has 1 rings (SSSR count). The standard InChI is InChI=1S/C12H18N2O2.HI/c1-13-12(15)16-11-7-5-6-10(8-11)9-14(2,3)4;/h5-8H,9H2,1-4H3;1H. The van der Waals surface area contributed by atoms with Crippen molar-refractivity contribution in [3.8, 4) is 5.75 Å². The van der Waals surface area contributed by atoms with Crippen molar-refractivity contribution in [2.75, 3.05) is 28.2 Å². The molecule has 1 aromatic carbocycles. The Bertz CT molecular complexity index is 386. The second-order valence-electron chi connectivity index (χ2n) is 4.69. The average Bonchev–Trinajstić information content (AvgIpc) is 2.15. The molecule has 5 heteroatoms. The monoisotopic (exact) mass is 350 g/mol. The van der Waals surface area contributed by atoms with Gasteiger partial charge in [0.05, 0.1) is 21.1 Å². The molecule has 0 saturated heterocycles. The van der Waals surface area contributed by atoms with Crippen LogP contribution in [-0.2, 0) is 6.54 Å². The normalized spacial score (nSPS) is 11.9.